The van der Waals surface area contributed by atoms with Gasteiger partial charge in [0, 0.05) is 0 Å². The predicted molar refractivity (Wildman–Crippen MR) is 42.1 cm³/mol. The molecule has 0 atom stereocenters. The summed E-state index contributed by atoms with van der Waals surface area (Å²) in [5.74, 6) is 0. The molecule has 1 nitrogen and oxygen atoms in total. The highest BCUT2D eigenvalue weighted by Crippen LogP contribution is 1.94. The van der Waals surface area contributed by atoms with Crippen LogP contribution in [0.15, 0.2) is 12.3 Å². The second kappa shape index (κ2) is 3.67. The van der Waals surface area contributed by atoms with Crippen LogP contribution in [0, 0.1) is 0 Å². The predicted octanol–water partition coefficient (Wildman–Crippen LogP) is 2.01. The van der Waals surface area contributed by atoms with E-state index in [4.69, 9.17) is 0 Å². The van der Waals surface area contributed by atoms with E-state index >= 15 is 0 Å². The Bertz CT molecular complexity index is 87.2. The second-order valence-corrected chi connectivity index (χ2v) is 3.29. The van der Waals surface area contributed by atoms with E-state index in [0.717, 1.165) is 4.48 Å². The van der Waals surface area contributed by atoms with Crippen molar-refractivity contribution < 1.29 is 4.48 Å². The zero-order valence-corrected chi connectivity index (χ0v) is 7.02. The topological polar surface area (TPSA) is 0 Å². The summed E-state index contributed by atoms with van der Waals surface area (Å²) in [4.78, 5) is 0. The number of allylic oxidation sites excluding steroid dienone is 1. The molecule has 0 heterocycles. The molecule has 0 aromatic rings. The second-order valence-electron chi connectivity index (χ2n) is 3.29. The Labute approximate surface area is 58.6 Å². The Morgan fingerprint density at radius 1 is 1.22 bits per heavy atom. The van der Waals surface area contributed by atoms with Crippen molar-refractivity contribution in [1.29, 1.82) is 0 Å². The molecular weight excluding hydrogens is 110 g/mol. The average Bonchev–Trinajstić information content (AvgIpc) is 1.63. The van der Waals surface area contributed by atoms with Gasteiger partial charge in [-0.25, -0.2) is 0 Å². The van der Waals surface area contributed by atoms with Gasteiger partial charge in [0.15, 0.2) is 0 Å². The van der Waals surface area contributed by atoms with E-state index in [1.165, 1.54) is 12.8 Å². The molecule has 0 fully saturated rings. The average molecular weight is 128 g/mol. The first kappa shape index (κ1) is 8.70. The van der Waals surface area contributed by atoms with E-state index in [2.05, 4.69) is 40.3 Å². The number of hydrogen-bond acceptors (Lipinski definition) is 0. The third-order valence-electron chi connectivity index (χ3n) is 1.01. The summed E-state index contributed by atoms with van der Waals surface area (Å²) in [6, 6.07) is 0. The van der Waals surface area contributed by atoms with Crippen LogP contribution in [0.2, 0.25) is 0 Å². The number of unbranched alkanes of at least 4 members (excludes halogenated alkanes) is 1. The zero-order chi connectivity index (χ0) is 7.33. The van der Waals surface area contributed by atoms with Crippen LogP contribution in [0.1, 0.15) is 19.8 Å². The molecule has 0 amide bonds. The molecule has 0 bridgehead atoms. The Kier molecular flexibility index (Phi) is 3.55. The lowest BCUT2D eigenvalue weighted by Crippen LogP contribution is -2.26. The van der Waals surface area contributed by atoms with E-state index in [1.54, 1.807) is 0 Å². The third kappa shape index (κ3) is 7.70. The fraction of sp³-hybridized carbons (Fsp3) is 0.750. The normalized spacial score (nSPS) is 12.9. The molecule has 54 valence electrons. The summed E-state index contributed by atoms with van der Waals surface area (Å²) in [5, 5.41) is 0. The van der Waals surface area contributed by atoms with E-state index in [-0.39, 0.29) is 0 Å². The number of rotatable bonds is 3. The third-order valence-corrected chi connectivity index (χ3v) is 1.01. The minimum Gasteiger partial charge on any atom is -0.305 e. The summed E-state index contributed by atoms with van der Waals surface area (Å²) in [6.07, 6.45) is 6.90. The van der Waals surface area contributed by atoms with Gasteiger partial charge in [0.2, 0.25) is 0 Å². The first-order chi connectivity index (χ1) is 4.06. The van der Waals surface area contributed by atoms with Crippen LogP contribution in [0.5, 0.6) is 0 Å². The van der Waals surface area contributed by atoms with Gasteiger partial charge in [-0.2, -0.15) is 0 Å². The van der Waals surface area contributed by atoms with Crippen molar-refractivity contribution >= 4 is 0 Å². The summed E-state index contributed by atoms with van der Waals surface area (Å²) < 4.78 is 0.931. The summed E-state index contributed by atoms with van der Waals surface area (Å²) >= 11 is 0. The largest absolute Gasteiger partial charge is 0.305 e. The van der Waals surface area contributed by atoms with Crippen molar-refractivity contribution in [3.63, 3.8) is 0 Å². The maximum absolute atomic E-state index is 2.24. The van der Waals surface area contributed by atoms with Gasteiger partial charge in [-0.15, -0.1) is 0 Å². The van der Waals surface area contributed by atoms with E-state index < -0.39 is 0 Å². The van der Waals surface area contributed by atoms with E-state index in [0.29, 0.717) is 0 Å². The molecular formula is C8H18N+. The molecule has 0 aromatic carbocycles. The lowest BCUT2D eigenvalue weighted by molar-refractivity contribution is -0.817. The molecule has 0 aliphatic carbocycles. The van der Waals surface area contributed by atoms with Crippen LogP contribution in [0.3, 0.4) is 0 Å². The van der Waals surface area contributed by atoms with Gasteiger partial charge >= 0.3 is 0 Å². The zero-order valence-electron chi connectivity index (χ0n) is 7.02. The van der Waals surface area contributed by atoms with Crippen molar-refractivity contribution in [2.45, 2.75) is 19.8 Å². The molecule has 0 saturated heterocycles. The minimum atomic E-state index is 0.931. The molecule has 0 rings (SSSR count). The minimum absolute atomic E-state index is 0.931. The highest BCUT2D eigenvalue weighted by molar-refractivity contribution is 4.71. The number of quaternary nitrogens is 1. The van der Waals surface area contributed by atoms with Gasteiger partial charge < -0.3 is 4.48 Å². The SMILES string of the molecule is CCCC=C[N+](C)(C)C. The fourth-order valence-corrected chi connectivity index (χ4v) is 0.557. The van der Waals surface area contributed by atoms with Crippen LogP contribution >= 0.6 is 0 Å². The van der Waals surface area contributed by atoms with Gasteiger partial charge in [0.25, 0.3) is 0 Å². The Morgan fingerprint density at radius 2 is 1.78 bits per heavy atom. The first-order valence-corrected chi connectivity index (χ1v) is 3.55. The maximum atomic E-state index is 2.24. The number of hydrogen-bond donors (Lipinski definition) is 0. The summed E-state index contributed by atoms with van der Waals surface area (Å²) in [5.41, 5.74) is 0. The molecule has 1 heteroatoms. The Morgan fingerprint density at radius 3 is 2.11 bits per heavy atom. The van der Waals surface area contributed by atoms with Crippen LogP contribution in [-0.2, 0) is 0 Å². The van der Waals surface area contributed by atoms with Gasteiger partial charge in [-0.1, -0.05) is 13.3 Å². The highest BCUT2D eigenvalue weighted by atomic mass is 15.3. The Balaban J connectivity index is 3.45. The van der Waals surface area contributed by atoms with Crippen LogP contribution in [0.25, 0.3) is 0 Å². The number of nitrogens with zero attached hydrogens (tertiary/aromatic N) is 1. The Hall–Kier alpha value is -0.300. The van der Waals surface area contributed by atoms with Crippen molar-refractivity contribution in [1.82, 2.24) is 0 Å². The molecule has 0 unspecified atom stereocenters. The van der Waals surface area contributed by atoms with Crippen molar-refractivity contribution in [3.05, 3.63) is 12.3 Å². The molecule has 0 N–H and O–H groups in total. The summed E-state index contributed by atoms with van der Waals surface area (Å²) in [7, 11) is 6.48. The standard InChI is InChI=1S/C8H18N/c1-5-6-7-8-9(2,3)4/h7-8H,5-6H2,1-4H3/q+1. The van der Waals surface area contributed by atoms with Gasteiger partial charge in [0.05, 0.1) is 27.3 Å². The maximum Gasteiger partial charge on any atom is 0.0911 e. The van der Waals surface area contributed by atoms with Crippen LogP contribution < -0.4 is 0 Å². The molecule has 0 aromatic heterocycles. The quantitative estimate of drug-likeness (QED) is 0.510. The van der Waals surface area contributed by atoms with Crippen LogP contribution in [-0.4, -0.2) is 25.6 Å². The molecule has 0 aliphatic rings. The van der Waals surface area contributed by atoms with Crippen molar-refractivity contribution in [3.8, 4) is 0 Å². The molecule has 0 saturated carbocycles. The molecule has 0 radical (unpaired) electrons. The monoisotopic (exact) mass is 128 g/mol. The highest BCUT2D eigenvalue weighted by Gasteiger charge is 1.97. The van der Waals surface area contributed by atoms with Gasteiger partial charge in [-0.05, 0) is 12.5 Å². The summed E-state index contributed by atoms with van der Waals surface area (Å²) in [6.45, 7) is 2.19. The smallest absolute Gasteiger partial charge is 0.0911 e. The van der Waals surface area contributed by atoms with Crippen molar-refractivity contribution in [2.75, 3.05) is 21.1 Å². The van der Waals surface area contributed by atoms with E-state index in [1.807, 2.05) is 0 Å². The first-order valence-electron chi connectivity index (χ1n) is 3.55. The van der Waals surface area contributed by atoms with Gasteiger partial charge in [-0.3, -0.25) is 0 Å². The lowest BCUT2D eigenvalue weighted by Gasteiger charge is -2.16. The molecule has 0 spiro atoms. The molecule has 9 heavy (non-hydrogen) atoms. The van der Waals surface area contributed by atoms with Crippen molar-refractivity contribution in [2.24, 2.45) is 0 Å². The lowest BCUT2D eigenvalue weighted by atomic mass is 10.3. The molecule has 0 aliphatic heterocycles. The fourth-order valence-electron chi connectivity index (χ4n) is 0.557. The van der Waals surface area contributed by atoms with Crippen LogP contribution in [0.4, 0.5) is 0 Å². The van der Waals surface area contributed by atoms with E-state index in [9.17, 15) is 0 Å². The van der Waals surface area contributed by atoms with Gasteiger partial charge in [0.1, 0.15) is 0 Å².